The molecule has 0 aliphatic carbocycles. The van der Waals surface area contributed by atoms with Crippen molar-refractivity contribution in [1.82, 2.24) is 0 Å². The Morgan fingerprint density at radius 2 is 0.829 bits per heavy atom. The van der Waals surface area contributed by atoms with Gasteiger partial charge in [0.05, 0.1) is 0 Å². The van der Waals surface area contributed by atoms with Crippen LogP contribution in [0.2, 0.25) is 0 Å². The second kappa shape index (κ2) is 17.8. The van der Waals surface area contributed by atoms with Gasteiger partial charge in [-0.1, -0.05) is 83.2 Å². The molecule has 0 unspecified atom stereocenters. The molecule has 0 aliphatic rings. The first-order valence-electron chi connectivity index (χ1n) is 10.9. The van der Waals surface area contributed by atoms with Crippen molar-refractivity contribution in [1.29, 1.82) is 0 Å². The maximum Gasteiger partial charge on any atom is 4.00 e. The number of hydrogen-bond acceptors (Lipinski definition) is 1. The van der Waals surface area contributed by atoms with Crippen LogP contribution >= 0.6 is 0 Å². The molecule has 6 aromatic rings. The minimum absolute atomic E-state index is 0. The predicted octanol–water partition coefficient (Wildman–Crippen LogP) is 2.44. The maximum absolute atomic E-state index is 8.25. The Labute approximate surface area is 236 Å². The van der Waals surface area contributed by atoms with E-state index in [0.717, 1.165) is 16.6 Å². The van der Waals surface area contributed by atoms with E-state index in [0.29, 0.717) is 0 Å². The van der Waals surface area contributed by atoms with E-state index in [2.05, 4.69) is 146 Å². The largest absolute Gasteiger partial charge is 4.00 e. The molecule has 1 nitrogen and oxygen atoms in total. The van der Waals surface area contributed by atoms with Crippen molar-refractivity contribution in [3.63, 3.8) is 0 Å². The number of fused-ring (bicyclic) bond motifs is 2. The molecule has 0 aromatic heterocycles. The Hall–Kier alpha value is -2.55. The van der Waals surface area contributed by atoms with Gasteiger partial charge < -0.3 is 17.5 Å². The van der Waals surface area contributed by atoms with Gasteiger partial charge in [0, 0.05) is 0 Å². The van der Waals surface area contributed by atoms with Crippen LogP contribution in [0, 0.1) is 0 Å². The van der Waals surface area contributed by atoms with E-state index < -0.39 is 0 Å². The Kier molecular flexibility index (Phi) is 15.5. The van der Waals surface area contributed by atoms with Crippen molar-refractivity contribution >= 4 is 41.4 Å². The van der Waals surface area contributed by atoms with E-state index in [9.17, 15) is 0 Å². The SMILES string of the molecule is C[O-].[Cl-].[Zr+4].c1ccc([Si]c2ccccc2)cc1.c1ccc2[cH-]ccc2c1.c1ccc2[cH-]ccc2c1. The van der Waals surface area contributed by atoms with Gasteiger partial charge in [-0.15, -0.1) is 59.3 Å². The van der Waals surface area contributed by atoms with Crippen molar-refractivity contribution in [2.24, 2.45) is 0 Å². The summed E-state index contributed by atoms with van der Waals surface area (Å²) in [6.45, 7) is 0. The first-order valence-corrected chi connectivity index (χ1v) is 11.9. The summed E-state index contributed by atoms with van der Waals surface area (Å²) in [7, 11) is 1.53. The van der Waals surface area contributed by atoms with Gasteiger partial charge in [-0.2, -0.15) is 42.1 Å². The minimum atomic E-state index is 0. The molecule has 0 aliphatic heterocycles. The summed E-state index contributed by atoms with van der Waals surface area (Å²) in [6.07, 6.45) is 0. The van der Waals surface area contributed by atoms with Crippen LogP contribution in [0.25, 0.3) is 21.5 Å². The van der Waals surface area contributed by atoms with Crippen molar-refractivity contribution < 1.29 is 43.7 Å². The fourth-order valence-corrected chi connectivity index (χ4v) is 4.40. The Morgan fingerprint density at radius 1 is 0.486 bits per heavy atom. The Bertz CT molecular complexity index is 1150. The molecule has 0 bridgehead atoms. The van der Waals surface area contributed by atoms with E-state index in [4.69, 9.17) is 5.11 Å². The third kappa shape index (κ3) is 10.3. The van der Waals surface area contributed by atoms with Crippen LogP contribution in [-0.2, 0) is 26.2 Å². The molecule has 35 heavy (non-hydrogen) atoms. The standard InChI is InChI=1S/C12H10Si.2C9H7.CH3O.ClH.Zr/c1-3-7-11(8-4-1)13-12-9-5-2-6-10-12;2*1-2-5-9-7-3-6-8(9)4-1;1-2;;/h1-10H;2*1-7H;1H3;1H;/q;3*-1;;+4/p-1. The molecular weight excluding hydrogens is 543 g/mol. The summed E-state index contributed by atoms with van der Waals surface area (Å²) in [4.78, 5) is 0. The van der Waals surface area contributed by atoms with E-state index >= 15 is 0 Å². The molecule has 0 heterocycles. The molecule has 6 aromatic carbocycles. The first kappa shape index (κ1) is 30.5. The number of hydrogen-bond donors (Lipinski definition) is 0. The molecule has 172 valence electrons. The number of halogens is 1. The summed E-state index contributed by atoms with van der Waals surface area (Å²) in [5, 5.41) is 16.4. The zero-order valence-corrected chi connectivity index (χ0v) is 23.9. The van der Waals surface area contributed by atoms with Crippen molar-refractivity contribution in [3.8, 4) is 0 Å². The number of rotatable bonds is 2. The Morgan fingerprint density at radius 3 is 1.20 bits per heavy atom. The molecule has 2 radical (unpaired) electrons. The van der Waals surface area contributed by atoms with Crippen molar-refractivity contribution in [2.45, 2.75) is 0 Å². The predicted molar refractivity (Wildman–Crippen MR) is 143 cm³/mol. The number of benzene rings is 4. The van der Waals surface area contributed by atoms with Crippen molar-refractivity contribution in [3.05, 3.63) is 146 Å². The molecular formula is C31H27ClOSiZr. The summed E-state index contributed by atoms with van der Waals surface area (Å²) >= 11 is 0. The first-order chi connectivity index (χ1) is 16.4. The van der Waals surface area contributed by atoms with Crippen LogP contribution in [-0.4, -0.2) is 16.6 Å². The second-order valence-electron chi connectivity index (χ2n) is 7.17. The zero-order chi connectivity index (χ0) is 23.1. The second-order valence-corrected chi connectivity index (χ2v) is 8.57. The van der Waals surface area contributed by atoms with Gasteiger partial charge >= 0.3 is 26.2 Å². The topological polar surface area (TPSA) is 23.1 Å². The van der Waals surface area contributed by atoms with Crippen LogP contribution in [0.3, 0.4) is 0 Å². The molecule has 0 saturated heterocycles. The third-order valence-electron chi connectivity index (χ3n) is 4.93. The van der Waals surface area contributed by atoms with Crippen LogP contribution in [0.15, 0.2) is 146 Å². The molecule has 0 amide bonds. The fraction of sp³-hybridized carbons (Fsp3) is 0.0323. The molecule has 0 saturated carbocycles. The van der Waals surface area contributed by atoms with Crippen molar-refractivity contribution in [2.75, 3.05) is 7.11 Å². The summed E-state index contributed by atoms with van der Waals surface area (Å²) in [5.74, 6) is 0. The minimum Gasteiger partial charge on any atom is -1.00 e. The fourth-order valence-electron chi connectivity index (χ4n) is 3.35. The van der Waals surface area contributed by atoms with Crippen LogP contribution in [0.1, 0.15) is 0 Å². The van der Waals surface area contributed by atoms with E-state index in [1.165, 1.54) is 31.9 Å². The van der Waals surface area contributed by atoms with E-state index in [1.54, 1.807) is 0 Å². The summed E-state index contributed by atoms with van der Waals surface area (Å²) < 4.78 is 0. The smallest absolute Gasteiger partial charge is 1.00 e. The van der Waals surface area contributed by atoms with Gasteiger partial charge in [-0.05, 0) is 0 Å². The monoisotopic (exact) mass is 568 g/mol. The molecule has 0 atom stereocenters. The van der Waals surface area contributed by atoms with Gasteiger partial charge in [-0.3, -0.25) is 0 Å². The van der Waals surface area contributed by atoms with Crippen LogP contribution < -0.4 is 27.9 Å². The average molecular weight is 570 g/mol. The zero-order valence-electron chi connectivity index (χ0n) is 19.6. The molecule has 6 rings (SSSR count). The van der Waals surface area contributed by atoms with E-state index in [-0.39, 0.29) is 38.6 Å². The summed E-state index contributed by atoms with van der Waals surface area (Å²) in [5.41, 5.74) is 0. The maximum atomic E-state index is 8.25. The van der Waals surface area contributed by atoms with Gasteiger partial charge in [-0.25, -0.2) is 0 Å². The van der Waals surface area contributed by atoms with Gasteiger partial charge in [0.1, 0.15) is 9.52 Å². The molecule has 4 heteroatoms. The van der Waals surface area contributed by atoms with Crippen LogP contribution in [0.4, 0.5) is 0 Å². The normalized spacial score (nSPS) is 9.09. The van der Waals surface area contributed by atoms with Gasteiger partial charge in [0.2, 0.25) is 0 Å². The molecule has 0 fully saturated rings. The molecule has 0 spiro atoms. The third-order valence-corrected chi connectivity index (χ3v) is 6.18. The quantitative estimate of drug-likeness (QED) is 0.232. The van der Waals surface area contributed by atoms with Gasteiger partial charge in [0.15, 0.2) is 0 Å². The molecule has 0 N–H and O–H groups in total. The van der Waals surface area contributed by atoms with Crippen LogP contribution in [0.5, 0.6) is 0 Å². The summed E-state index contributed by atoms with van der Waals surface area (Å²) in [6, 6.07) is 50.5. The average Bonchev–Trinajstić information content (AvgIpc) is 3.57. The van der Waals surface area contributed by atoms with Gasteiger partial charge in [0.25, 0.3) is 0 Å². The van der Waals surface area contributed by atoms with E-state index in [1.807, 2.05) is 0 Å². The Balaban J connectivity index is 0.000000251.